The minimum Gasteiger partial charge on any atom is -0.388 e. The Morgan fingerprint density at radius 2 is 2.13 bits per heavy atom. The lowest BCUT2D eigenvalue weighted by atomic mass is 9.97. The molecule has 0 atom stereocenters. The first-order chi connectivity index (χ1) is 11.1. The average molecular weight is 335 g/mol. The van der Waals surface area contributed by atoms with Gasteiger partial charge in [0.15, 0.2) is 0 Å². The summed E-state index contributed by atoms with van der Waals surface area (Å²) in [5.41, 5.74) is -0.209. The molecule has 1 aromatic heterocycles. The Bertz CT molecular complexity index is 698. The van der Waals surface area contributed by atoms with Crippen LogP contribution in [-0.4, -0.2) is 44.4 Å². The van der Waals surface area contributed by atoms with Gasteiger partial charge in [0.2, 0.25) is 0 Å². The Morgan fingerprint density at radius 3 is 2.87 bits per heavy atom. The number of aromatic nitrogens is 2. The summed E-state index contributed by atoms with van der Waals surface area (Å²) in [6.07, 6.45) is 4.22. The number of hydrogen-bond acceptors (Lipinski definition) is 4. The van der Waals surface area contributed by atoms with E-state index in [4.69, 9.17) is 0 Å². The van der Waals surface area contributed by atoms with Crippen LogP contribution in [-0.2, 0) is 0 Å². The first-order valence-electron chi connectivity index (χ1n) is 7.45. The maximum atomic E-state index is 13.7. The smallest absolute Gasteiger partial charge is 0.254 e. The zero-order chi connectivity index (χ0) is 16.3. The molecule has 3 rings (SSSR count). The van der Waals surface area contributed by atoms with E-state index in [0.29, 0.717) is 18.4 Å². The number of benzene rings is 1. The molecule has 1 fully saturated rings. The predicted molar refractivity (Wildman–Crippen MR) is 87.4 cm³/mol. The van der Waals surface area contributed by atoms with Gasteiger partial charge >= 0.3 is 0 Å². The fraction of sp³-hybridized carbons (Fsp3) is 0.375. The van der Waals surface area contributed by atoms with Crippen LogP contribution in [0, 0.1) is 5.82 Å². The van der Waals surface area contributed by atoms with E-state index >= 15 is 0 Å². The minimum atomic E-state index is -0.831. The Morgan fingerprint density at radius 1 is 1.39 bits per heavy atom. The third kappa shape index (κ3) is 3.73. The van der Waals surface area contributed by atoms with Crippen molar-refractivity contribution in [2.24, 2.45) is 0 Å². The lowest BCUT2D eigenvalue weighted by Crippen LogP contribution is -2.45. The van der Waals surface area contributed by atoms with Crippen molar-refractivity contribution in [1.29, 1.82) is 0 Å². The zero-order valence-electron chi connectivity index (χ0n) is 12.5. The SMILES string of the molecule is O=C(NCC1(O)CCSCC1)c1cnn(-c2ccccc2F)c1. The lowest BCUT2D eigenvalue weighted by molar-refractivity contribution is 0.0311. The van der Waals surface area contributed by atoms with Gasteiger partial charge in [0.25, 0.3) is 5.91 Å². The van der Waals surface area contributed by atoms with Gasteiger partial charge < -0.3 is 10.4 Å². The molecule has 122 valence electrons. The second kappa shape index (κ2) is 6.72. The molecule has 0 saturated carbocycles. The third-order valence-corrected chi connectivity index (χ3v) is 4.93. The highest BCUT2D eigenvalue weighted by Gasteiger charge is 2.30. The highest BCUT2D eigenvalue weighted by molar-refractivity contribution is 7.99. The molecule has 2 N–H and O–H groups in total. The number of nitrogens with one attached hydrogen (secondary N) is 1. The van der Waals surface area contributed by atoms with Gasteiger partial charge in [-0.25, -0.2) is 9.07 Å². The van der Waals surface area contributed by atoms with Gasteiger partial charge in [0.05, 0.1) is 17.4 Å². The van der Waals surface area contributed by atoms with Crippen LogP contribution in [0.2, 0.25) is 0 Å². The number of rotatable bonds is 4. The van der Waals surface area contributed by atoms with Crippen molar-refractivity contribution in [3.63, 3.8) is 0 Å². The summed E-state index contributed by atoms with van der Waals surface area (Å²) in [6, 6.07) is 6.23. The van der Waals surface area contributed by atoms with Gasteiger partial charge in [-0.3, -0.25) is 4.79 Å². The van der Waals surface area contributed by atoms with Crippen molar-refractivity contribution in [2.75, 3.05) is 18.1 Å². The van der Waals surface area contributed by atoms with E-state index in [-0.39, 0.29) is 18.1 Å². The standard InChI is InChI=1S/C16H18FN3O2S/c17-13-3-1-2-4-14(13)20-10-12(9-19-20)15(21)18-11-16(22)5-7-23-8-6-16/h1-4,9-10,22H,5-8,11H2,(H,18,21). The normalized spacial score (nSPS) is 17.0. The molecule has 1 amide bonds. The van der Waals surface area contributed by atoms with E-state index in [1.165, 1.54) is 23.1 Å². The highest BCUT2D eigenvalue weighted by atomic mass is 32.2. The van der Waals surface area contributed by atoms with E-state index in [1.807, 2.05) is 11.8 Å². The second-order valence-electron chi connectivity index (χ2n) is 5.64. The Balaban J connectivity index is 1.66. The number of hydrogen-bond donors (Lipinski definition) is 2. The van der Waals surface area contributed by atoms with Gasteiger partial charge in [-0.15, -0.1) is 0 Å². The van der Waals surface area contributed by atoms with Crippen molar-refractivity contribution in [1.82, 2.24) is 15.1 Å². The van der Waals surface area contributed by atoms with Crippen molar-refractivity contribution in [2.45, 2.75) is 18.4 Å². The van der Waals surface area contributed by atoms with Crippen LogP contribution < -0.4 is 5.32 Å². The van der Waals surface area contributed by atoms with Gasteiger partial charge in [-0.2, -0.15) is 16.9 Å². The maximum Gasteiger partial charge on any atom is 0.254 e. The molecule has 0 spiro atoms. The molecule has 7 heteroatoms. The molecule has 0 bridgehead atoms. The quantitative estimate of drug-likeness (QED) is 0.897. The summed E-state index contributed by atoms with van der Waals surface area (Å²) in [5.74, 6) is 1.07. The number of nitrogens with zero attached hydrogens (tertiary/aromatic N) is 2. The van der Waals surface area contributed by atoms with Crippen molar-refractivity contribution < 1.29 is 14.3 Å². The maximum absolute atomic E-state index is 13.7. The molecule has 1 aromatic carbocycles. The zero-order valence-corrected chi connectivity index (χ0v) is 13.4. The molecule has 1 saturated heterocycles. The second-order valence-corrected chi connectivity index (χ2v) is 6.87. The highest BCUT2D eigenvalue weighted by Crippen LogP contribution is 2.26. The summed E-state index contributed by atoms with van der Waals surface area (Å²) in [7, 11) is 0. The average Bonchev–Trinajstić information content (AvgIpc) is 3.04. The van der Waals surface area contributed by atoms with Crippen molar-refractivity contribution in [3.8, 4) is 5.69 Å². The number of para-hydroxylation sites is 1. The van der Waals surface area contributed by atoms with E-state index in [9.17, 15) is 14.3 Å². The first kappa shape index (κ1) is 16.0. The van der Waals surface area contributed by atoms with Crippen molar-refractivity contribution in [3.05, 3.63) is 48.0 Å². The monoisotopic (exact) mass is 335 g/mol. The summed E-state index contributed by atoms with van der Waals surface area (Å²) in [5, 5.41) is 17.2. The van der Waals surface area contributed by atoms with Crippen LogP contribution in [0.4, 0.5) is 4.39 Å². The minimum absolute atomic E-state index is 0.220. The van der Waals surface area contributed by atoms with Crippen LogP contribution >= 0.6 is 11.8 Å². The van der Waals surface area contributed by atoms with Crippen LogP contribution in [0.3, 0.4) is 0 Å². The summed E-state index contributed by atoms with van der Waals surface area (Å²) in [6.45, 7) is 0.220. The number of thioether (sulfide) groups is 1. The fourth-order valence-electron chi connectivity index (χ4n) is 2.48. The largest absolute Gasteiger partial charge is 0.388 e. The van der Waals surface area contributed by atoms with Crippen molar-refractivity contribution >= 4 is 17.7 Å². The predicted octanol–water partition coefficient (Wildman–Crippen LogP) is 2.00. The number of amides is 1. The molecule has 0 unspecified atom stereocenters. The first-order valence-corrected chi connectivity index (χ1v) is 8.61. The topological polar surface area (TPSA) is 67.2 Å². The van der Waals surface area contributed by atoms with Gasteiger partial charge in [0, 0.05) is 12.7 Å². The summed E-state index contributed by atoms with van der Waals surface area (Å²) in [4.78, 5) is 12.2. The van der Waals surface area contributed by atoms with E-state index in [2.05, 4.69) is 10.4 Å². The van der Waals surface area contributed by atoms with Crippen LogP contribution in [0.1, 0.15) is 23.2 Å². The number of halogens is 1. The molecule has 2 aromatic rings. The van der Waals surface area contributed by atoms with Crippen LogP contribution in [0.15, 0.2) is 36.7 Å². The Labute approximate surface area is 137 Å². The van der Waals surface area contributed by atoms with E-state index in [1.54, 1.807) is 18.2 Å². The summed E-state index contributed by atoms with van der Waals surface area (Å²) < 4.78 is 15.1. The number of carbonyl (C=O) groups excluding carboxylic acids is 1. The Hall–Kier alpha value is -1.86. The van der Waals surface area contributed by atoms with Gasteiger partial charge in [-0.05, 0) is 36.5 Å². The molecule has 0 radical (unpaired) electrons. The van der Waals surface area contributed by atoms with E-state index < -0.39 is 11.4 Å². The van der Waals surface area contributed by atoms with Gasteiger partial charge in [-0.1, -0.05) is 12.1 Å². The third-order valence-electron chi connectivity index (χ3n) is 3.95. The molecule has 23 heavy (non-hydrogen) atoms. The molecular formula is C16H18FN3O2S. The Kier molecular flexibility index (Phi) is 4.68. The molecule has 2 heterocycles. The molecular weight excluding hydrogens is 317 g/mol. The van der Waals surface area contributed by atoms with Crippen LogP contribution in [0.25, 0.3) is 5.69 Å². The summed E-state index contributed by atoms with van der Waals surface area (Å²) >= 11 is 1.81. The number of carbonyl (C=O) groups is 1. The van der Waals surface area contributed by atoms with Gasteiger partial charge in [0.1, 0.15) is 11.5 Å². The fourth-order valence-corrected chi connectivity index (χ4v) is 3.74. The number of aliphatic hydroxyl groups is 1. The molecule has 0 aliphatic carbocycles. The van der Waals surface area contributed by atoms with Crippen LogP contribution in [0.5, 0.6) is 0 Å². The lowest BCUT2D eigenvalue weighted by Gasteiger charge is -2.31. The molecule has 1 aliphatic rings. The molecule has 1 aliphatic heterocycles. The molecule has 5 nitrogen and oxygen atoms in total. The van der Waals surface area contributed by atoms with E-state index in [0.717, 1.165) is 11.5 Å².